The lowest BCUT2D eigenvalue weighted by Gasteiger charge is -2.70. The molecule has 2 aromatic rings. The summed E-state index contributed by atoms with van der Waals surface area (Å²) in [6.45, 7) is -0.116. The number of nitrogens with one attached hydrogen (secondary N) is 1. The van der Waals surface area contributed by atoms with Crippen molar-refractivity contribution >= 4 is 52.6 Å². The minimum atomic E-state index is -0.586. The van der Waals surface area contributed by atoms with E-state index in [0.717, 1.165) is 30.9 Å². The van der Waals surface area contributed by atoms with Crippen LogP contribution in [0.15, 0.2) is 42.5 Å². The molecule has 1 amide bonds. The smallest absolute Gasteiger partial charge is 0.244 e. The molecule has 31 heavy (non-hydrogen) atoms. The van der Waals surface area contributed by atoms with E-state index in [-0.39, 0.29) is 40.0 Å². The zero-order valence-electron chi connectivity index (χ0n) is 16.4. The van der Waals surface area contributed by atoms with E-state index in [0.29, 0.717) is 16.5 Å². The van der Waals surface area contributed by atoms with Crippen molar-refractivity contribution in [1.29, 1.82) is 0 Å². The maximum atomic E-state index is 13.4. The molecule has 2 bridgehead atoms. The average molecular weight is 483 g/mol. The molecule has 162 valence electrons. The molecule has 3 aliphatic rings. The topological polar surface area (TPSA) is 55.4 Å². The van der Waals surface area contributed by atoms with E-state index in [1.165, 1.54) is 18.2 Å². The van der Waals surface area contributed by atoms with Crippen LogP contribution < -0.4 is 10.1 Å². The van der Waals surface area contributed by atoms with Gasteiger partial charge in [-0.2, -0.15) is 0 Å². The molecule has 0 aliphatic heterocycles. The maximum Gasteiger partial charge on any atom is 0.244 e. The van der Waals surface area contributed by atoms with Crippen molar-refractivity contribution < 1.29 is 18.7 Å². The minimum Gasteiger partial charge on any atom is -0.486 e. The lowest BCUT2D eigenvalue weighted by molar-refractivity contribution is -0.171. The van der Waals surface area contributed by atoms with Gasteiger partial charge in [0, 0.05) is 24.1 Å². The van der Waals surface area contributed by atoms with E-state index < -0.39 is 5.82 Å². The number of rotatable bonds is 8. The molecule has 1 N–H and O–H groups in total. The number of halogens is 4. The van der Waals surface area contributed by atoms with Gasteiger partial charge in [0.05, 0.1) is 15.1 Å². The minimum absolute atomic E-state index is 0.00620. The first-order valence-corrected chi connectivity index (χ1v) is 10.9. The molecule has 8 heteroatoms. The standard InChI is InChI=1S/C23H19Cl3FNO3/c24-17-4-1-14(7-19(17)26)2-6-21(30)28-23-11-22(12-23,13-23)9-15(29)10-31-16-3-5-18(25)20(27)8-16/h1-8H,9-13H2,(H,28,30)/b6-2+. The van der Waals surface area contributed by atoms with Crippen LogP contribution in [0.3, 0.4) is 0 Å². The molecular formula is C23H19Cl3FNO3. The lowest BCUT2D eigenvalue weighted by Crippen LogP contribution is -2.74. The fourth-order valence-corrected chi connectivity index (χ4v) is 5.03. The highest BCUT2D eigenvalue weighted by molar-refractivity contribution is 6.42. The van der Waals surface area contributed by atoms with Gasteiger partial charge in [0.2, 0.25) is 5.91 Å². The highest BCUT2D eigenvalue weighted by atomic mass is 35.5. The zero-order valence-corrected chi connectivity index (χ0v) is 18.7. The number of hydrogen-bond donors (Lipinski definition) is 1. The Balaban J connectivity index is 1.21. The molecule has 0 unspecified atom stereocenters. The second-order valence-corrected chi connectivity index (χ2v) is 9.61. The summed E-state index contributed by atoms with van der Waals surface area (Å²) in [5.41, 5.74) is 0.496. The third-order valence-corrected chi connectivity index (χ3v) is 6.81. The first-order valence-electron chi connectivity index (χ1n) is 9.73. The quantitative estimate of drug-likeness (QED) is 0.478. The molecular weight excluding hydrogens is 464 g/mol. The van der Waals surface area contributed by atoms with Gasteiger partial charge in [0.1, 0.15) is 18.2 Å². The second kappa shape index (κ2) is 8.45. The average Bonchev–Trinajstić information content (AvgIpc) is 2.67. The Morgan fingerprint density at radius 1 is 1.03 bits per heavy atom. The fourth-order valence-electron chi connectivity index (χ4n) is 4.61. The van der Waals surface area contributed by atoms with Gasteiger partial charge in [-0.3, -0.25) is 9.59 Å². The summed E-state index contributed by atoms with van der Waals surface area (Å²) in [5.74, 6) is -0.546. The van der Waals surface area contributed by atoms with Crippen molar-refractivity contribution in [3.8, 4) is 5.75 Å². The number of benzene rings is 2. The van der Waals surface area contributed by atoms with Crippen LogP contribution in [0.4, 0.5) is 4.39 Å². The van der Waals surface area contributed by atoms with Crippen molar-refractivity contribution in [2.45, 2.75) is 31.2 Å². The molecule has 3 fully saturated rings. The zero-order chi connectivity index (χ0) is 22.2. The van der Waals surface area contributed by atoms with Gasteiger partial charge in [0.25, 0.3) is 0 Å². The predicted molar refractivity (Wildman–Crippen MR) is 119 cm³/mol. The summed E-state index contributed by atoms with van der Waals surface area (Å²) in [7, 11) is 0. The molecule has 4 nitrogen and oxygen atoms in total. The monoisotopic (exact) mass is 481 g/mol. The fraction of sp³-hybridized carbons (Fsp3) is 0.304. The van der Waals surface area contributed by atoms with Gasteiger partial charge in [-0.15, -0.1) is 0 Å². The van der Waals surface area contributed by atoms with Crippen molar-refractivity contribution in [3.63, 3.8) is 0 Å². The van der Waals surface area contributed by atoms with Crippen LogP contribution in [0.5, 0.6) is 5.75 Å². The van der Waals surface area contributed by atoms with E-state index in [1.807, 2.05) is 0 Å². The number of Topliss-reactive ketones (excluding diaryl/α,β-unsaturated/α-hetero) is 1. The first-order chi connectivity index (χ1) is 14.7. The molecule has 3 saturated carbocycles. The summed E-state index contributed by atoms with van der Waals surface area (Å²) in [5, 5.41) is 3.94. The van der Waals surface area contributed by atoms with Gasteiger partial charge >= 0.3 is 0 Å². The van der Waals surface area contributed by atoms with Gasteiger partial charge in [-0.25, -0.2) is 4.39 Å². The predicted octanol–water partition coefficient (Wildman–Crippen LogP) is 5.88. The summed E-state index contributed by atoms with van der Waals surface area (Å²) >= 11 is 17.5. The largest absolute Gasteiger partial charge is 0.486 e. The molecule has 0 heterocycles. The number of carbonyl (C=O) groups is 2. The number of ketones is 1. The Labute approximate surface area is 194 Å². The van der Waals surface area contributed by atoms with Crippen LogP contribution in [0.1, 0.15) is 31.2 Å². The summed E-state index contributed by atoms with van der Waals surface area (Å²) < 4.78 is 18.8. The molecule has 0 aromatic heterocycles. The highest BCUT2D eigenvalue weighted by Gasteiger charge is 2.68. The SMILES string of the molecule is O=C(COc1ccc(Cl)c(F)c1)CC12CC(NC(=O)/C=C/c3ccc(Cl)c(Cl)c3)(C1)C2. The molecule has 0 radical (unpaired) electrons. The van der Waals surface area contributed by atoms with Crippen molar-refractivity contribution in [3.05, 3.63) is 68.9 Å². The van der Waals surface area contributed by atoms with E-state index in [2.05, 4.69) is 5.32 Å². The Morgan fingerprint density at radius 3 is 2.42 bits per heavy atom. The Morgan fingerprint density at radius 2 is 1.74 bits per heavy atom. The molecule has 0 saturated heterocycles. The van der Waals surface area contributed by atoms with Crippen molar-refractivity contribution in [2.24, 2.45) is 5.41 Å². The number of ether oxygens (including phenoxy) is 1. The summed E-state index contributed by atoms with van der Waals surface area (Å²) in [6.07, 6.45) is 5.85. The van der Waals surface area contributed by atoms with Gasteiger partial charge in [0.15, 0.2) is 5.78 Å². The van der Waals surface area contributed by atoms with Crippen molar-refractivity contribution in [2.75, 3.05) is 6.61 Å². The van der Waals surface area contributed by atoms with Gasteiger partial charge in [-0.05, 0) is 60.6 Å². The van der Waals surface area contributed by atoms with Crippen LogP contribution in [-0.2, 0) is 9.59 Å². The van der Waals surface area contributed by atoms with E-state index in [1.54, 1.807) is 24.3 Å². The van der Waals surface area contributed by atoms with Crippen molar-refractivity contribution in [1.82, 2.24) is 5.32 Å². The summed E-state index contributed by atoms with van der Waals surface area (Å²) in [6, 6.07) is 9.22. The van der Waals surface area contributed by atoms with Gasteiger partial charge in [-0.1, -0.05) is 40.9 Å². The van der Waals surface area contributed by atoms with Crippen LogP contribution in [-0.4, -0.2) is 23.8 Å². The van der Waals surface area contributed by atoms with Gasteiger partial charge < -0.3 is 10.1 Å². The molecule has 3 aliphatic carbocycles. The molecule has 5 rings (SSSR count). The van der Waals surface area contributed by atoms with Crippen LogP contribution in [0, 0.1) is 11.2 Å². The Kier molecular flexibility index (Phi) is 6.03. The molecule has 2 aromatic carbocycles. The molecule has 0 atom stereocenters. The number of hydrogen-bond acceptors (Lipinski definition) is 3. The third-order valence-electron chi connectivity index (χ3n) is 5.76. The first kappa shape index (κ1) is 22.1. The Bertz CT molecular complexity index is 1070. The summed E-state index contributed by atoms with van der Waals surface area (Å²) in [4.78, 5) is 24.5. The number of amides is 1. The Hall–Kier alpha value is -2.08. The second-order valence-electron chi connectivity index (χ2n) is 8.39. The highest BCUT2D eigenvalue weighted by Crippen LogP contribution is 2.69. The van der Waals surface area contributed by atoms with E-state index >= 15 is 0 Å². The lowest BCUT2D eigenvalue weighted by atomic mass is 9.38. The number of carbonyl (C=O) groups excluding carboxylic acids is 2. The van der Waals surface area contributed by atoms with E-state index in [4.69, 9.17) is 39.5 Å². The molecule has 0 spiro atoms. The third kappa shape index (κ3) is 4.89. The normalized spacial score (nSPS) is 23.7. The van der Waals surface area contributed by atoms with Crippen LogP contribution in [0.25, 0.3) is 6.08 Å². The van der Waals surface area contributed by atoms with Crippen LogP contribution >= 0.6 is 34.8 Å². The van der Waals surface area contributed by atoms with E-state index in [9.17, 15) is 14.0 Å². The van der Waals surface area contributed by atoms with Crippen LogP contribution in [0.2, 0.25) is 15.1 Å². The maximum absolute atomic E-state index is 13.4.